The first kappa shape index (κ1) is 12.0. The fourth-order valence-electron chi connectivity index (χ4n) is 1.94. The standard InChI is InChI=1S/C14H10N4O2/c19-12(20)3-2-11-13(10-4-7-15-8-5-10)17-18-9-1-6-16-14(11)18/h1-9H,(H,19,20)/b3-2+. The van der Waals surface area contributed by atoms with E-state index >= 15 is 0 Å². The maximum atomic E-state index is 10.7. The predicted octanol–water partition coefficient (Wildman–Crippen LogP) is 1.89. The first-order chi connectivity index (χ1) is 9.75. The van der Waals surface area contributed by atoms with Gasteiger partial charge in [-0.25, -0.2) is 14.3 Å². The van der Waals surface area contributed by atoms with Crippen LogP contribution >= 0.6 is 0 Å². The number of carboxylic acid groups (broad SMARTS) is 1. The molecule has 0 radical (unpaired) electrons. The summed E-state index contributed by atoms with van der Waals surface area (Å²) in [5.41, 5.74) is 2.80. The Balaban J connectivity index is 2.25. The summed E-state index contributed by atoms with van der Waals surface area (Å²) in [6.45, 7) is 0. The summed E-state index contributed by atoms with van der Waals surface area (Å²) in [4.78, 5) is 18.9. The Morgan fingerprint density at radius 1 is 1.25 bits per heavy atom. The van der Waals surface area contributed by atoms with E-state index < -0.39 is 5.97 Å². The van der Waals surface area contributed by atoms with Crippen LogP contribution in [0.15, 0.2) is 49.1 Å². The van der Waals surface area contributed by atoms with Crippen molar-refractivity contribution in [3.63, 3.8) is 0 Å². The van der Waals surface area contributed by atoms with Gasteiger partial charge in [0.2, 0.25) is 0 Å². The molecule has 3 rings (SSSR count). The number of nitrogens with zero attached hydrogens (tertiary/aromatic N) is 4. The van der Waals surface area contributed by atoms with E-state index in [9.17, 15) is 4.79 Å². The Morgan fingerprint density at radius 3 is 2.80 bits per heavy atom. The van der Waals surface area contributed by atoms with Crippen molar-refractivity contribution in [3.05, 3.63) is 54.6 Å². The zero-order valence-corrected chi connectivity index (χ0v) is 10.3. The monoisotopic (exact) mass is 266 g/mol. The SMILES string of the molecule is O=C(O)/C=C/c1c(-c2ccncc2)nn2cccnc12. The molecule has 0 unspecified atom stereocenters. The first-order valence-corrected chi connectivity index (χ1v) is 5.90. The number of hydrogen-bond acceptors (Lipinski definition) is 4. The van der Waals surface area contributed by atoms with Crippen molar-refractivity contribution in [1.82, 2.24) is 19.6 Å². The average molecular weight is 266 g/mol. The summed E-state index contributed by atoms with van der Waals surface area (Å²) in [5, 5.41) is 13.2. The van der Waals surface area contributed by atoms with Crippen molar-refractivity contribution in [3.8, 4) is 11.3 Å². The topological polar surface area (TPSA) is 80.4 Å². The molecule has 3 heterocycles. The van der Waals surface area contributed by atoms with Crippen LogP contribution in [0.2, 0.25) is 0 Å². The summed E-state index contributed by atoms with van der Waals surface area (Å²) in [7, 11) is 0. The van der Waals surface area contributed by atoms with E-state index in [1.165, 1.54) is 6.08 Å². The van der Waals surface area contributed by atoms with Crippen LogP contribution < -0.4 is 0 Å². The lowest BCUT2D eigenvalue weighted by atomic mass is 10.1. The third kappa shape index (κ3) is 2.14. The van der Waals surface area contributed by atoms with Crippen LogP contribution in [0, 0.1) is 0 Å². The number of hydrogen-bond donors (Lipinski definition) is 1. The van der Waals surface area contributed by atoms with Gasteiger partial charge in [0.15, 0.2) is 5.65 Å². The highest BCUT2D eigenvalue weighted by atomic mass is 16.4. The number of fused-ring (bicyclic) bond motifs is 1. The number of aromatic nitrogens is 4. The summed E-state index contributed by atoms with van der Waals surface area (Å²) < 4.78 is 1.62. The summed E-state index contributed by atoms with van der Waals surface area (Å²) in [5.74, 6) is -1.01. The maximum Gasteiger partial charge on any atom is 0.328 e. The van der Waals surface area contributed by atoms with Crippen LogP contribution in [0.5, 0.6) is 0 Å². The summed E-state index contributed by atoms with van der Waals surface area (Å²) in [6.07, 6.45) is 9.33. The van der Waals surface area contributed by atoms with Crippen LogP contribution in [0.1, 0.15) is 5.56 Å². The number of carboxylic acids is 1. The first-order valence-electron chi connectivity index (χ1n) is 5.90. The largest absolute Gasteiger partial charge is 0.478 e. The highest BCUT2D eigenvalue weighted by Crippen LogP contribution is 2.25. The van der Waals surface area contributed by atoms with Crippen molar-refractivity contribution < 1.29 is 9.90 Å². The molecule has 3 aromatic heterocycles. The minimum absolute atomic E-state index is 0.608. The highest BCUT2D eigenvalue weighted by molar-refractivity contribution is 5.90. The van der Waals surface area contributed by atoms with Gasteiger partial charge in [0, 0.05) is 42.0 Å². The molecule has 0 amide bonds. The fourth-order valence-corrected chi connectivity index (χ4v) is 1.94. The van der Waals surface area contributed by atoms with Crippen molar-refractivity contribution in [2.75, 3.05) is 0 Å². The minimum Gasteiger partial charge on any atom is -0.478 e. The lowest BCUT2D eigenvalue weighted by molar-refractivity contribution is -0.131. The molecule has 0 aliphatic carbocycles. The van der Waals surface area contributed by atoms with Crippen LogP contribution in [-0.4, -0.2) is 30.7 Å². The highest BCUT2D eigenvalue weighted by Gasteiger charge is 2.13. The second-order valence-corrected chi connectivity index (χ2v) is 4.06. The Bertz CT molecular complexity index is 793. The molecule has 20 heavy (non-hydrogen) atoms. The zero-order chi connectivity index (χ0) is 13.9. The summed E-state index contributed by atoms with van der Waals surface area (Å²) >= 11 is 0. The maximum absolute atomic E-state index is 10.7. The molecule has 1 N–H and O–H groups in total. The van der Waals surface area contributed by atoms with Crippen LogP contribution in [0.25, 0.3) is 23.0 Å². The average Bonchev–Trinajstić information content (AvgIpc) is 2.84. The molecule has 0 atom stereocenters. The molecule has 0 bridgehead atoms. The van der Waals surface area contributed by atoms with Gasteiger partial charge in [-0.15, -0.1) is 0 Å². The Morgan fingerprint density at radius 2 is 2.05 bits per heavy atom. The second kappa shape index (κ2) is 4.93. The number of rotatable bonds is 3. The van der Waals surface area contributed by atoms with E-state index in [-0.39, 0.29) is 0 Å². The fraction of sp³-hybridized carbons (Fsp3) is 0. The molecule has 0 fully saturated rings. The minimum atomic E-state index is -1.01. The van der Waals surface area contributed by atoms with Gasteiger partial charge in [-0.3, -0.25) is 4.98 Å². The van der Waals surface area contributed by atoms with Crippen molar-refractivity contribution in [2.24, 2.45) is 0 Å². The quantitative estimate of drug-likeness (QED) is 0.732. The van der Waals surface area contributed by atoms with E-state index in [1.54, 1.807) is 35.4 Å². The van der Waals surface area contributed by atoms with Crippen LogP contribution in [0.3, 0.4) is 0 Å². The number of carbonyl (C=O) groups is 1. The Hall–Kier alpha value is -3.02. The van der Waals surface area contributed by atoms with Gasteiger partial charge >= 0.3 is 5.97 Å². The molecule has 0 saturated heterocycles. The van der Waals surface area contributed by atoms with Gasteiger partial charge in [-0.1, -0.05) is 0 Å². The van der Waals surface area contributed by atoms with Gasteiger partial charge in [0.1, 0.15) is 5.69 Å². The molecule has 0 spiro atoms. The van der Waals surface area contributed by atoms with Crippen LogP contribution in [0.4, 0.5) is 0 Å². The summed E-state index contributed by atoms with van der Waals surface area (Å²) in [6, 6.07) is 5.40. The molecule has 98 valence electrons. The van der Waals surface area contributed by atoms with Gasteiger partial charge in [-0.05, 0) is 24.3 Å². The van der Waals surface area contributed by atoms with Gasteiger partial charge in [-0.2, -0.15) is 5.10 Å². The lowest BCUT2D eigenvalue weighted by Gasteiger charge is -1.97. The molecule has 0 aliphatic heterocycles. The van der Waals surface area contributed by atoms with Crippen molar-refractivity contribution in [1.29, 1.82) is 0 Å². The Labute approximate surface area is 114 Å². The lowest BCUT2D eigenvalue weighted by Crippen LogP contribution is -1.88. The Kier molecular flexibility index (Phi) is 2.96. The van der Waals surface area contributed by atoms with Gasteiger partial charge < -0.3 is 5.11 Å². The molecule has 6 heteroatoms. The van der Waals surface area contributed by atoms with Crippen LogP contribution in [-0.2, 0) is 4.79 Å². The van der Waals surface area contributed by atoms with E-state index in [1.807, 2.05) is 12.1 Å². The molecular formula is C14H10N4O2. The number of aliphatic carboxylic acids is 1. The second-order valence-electron chi connectivity index (χ2n) is 4.06. The molecule has 0 saturated carbocycles. The molecular weight excluding hydrogens is 256 g/mol. The zero-order valence-electron chi connectivity index (χ0n) is 10.3. The molecule has 0 aliphatic rings. The van der Waals surface area contributed by atoms with Crippen molar-refractivity contribution in [2.45, 2.75) is 0 Å². The molecule has 6 nitrogen and oxygen atoms in total. The predicted molar refractivity (Wildman–Crippen MR) is 72.9 cm³/mol. The molecule has 3 aromatic rings. The smallest absolute Gasteiger partial charge is 0.328 e. The van der Waals surface area contributed by atoms with Gasteiger partial charge in [0.25, 0.3) is 0 Å². The third-order valence-electron chi connectivity index (χ3n) is 2.78. The van der Waals surface area contributed by atoms with Gasteiger partial charge in [0.05, 0.1) is 0 Å². The van der Waals surface area contributed by atoms with E-state index in [2.05, 4.69) is 15.1 Å². The van der Waals surface area contributed by atoms with E-state index in [4.69, 9.17) is 5.11 Å². The van der Waals surface area contributed by atoms with E-state index in [0.29, 0.717) is 16.9 Å². The number of pyridine rings is 1. The molecule has 0 aromatic carbocycles. The van der Waals surface area contributed by atoms with Crippen molar-refractivity contribution >= 4 is 17.7 Å². The van der Waals surface area contributed by atoms with E-state index in [0.717, 1.165) is 11.6 Å². The third-order valence-corrected chi connectivity index (χ3v) is 2.78. The normalized spacial score (nSPS) is 11.2.